The minimum atomic E-state index is 0.308. The van der Waals surface area contributed by atoms with Crippen LogP contribution in [0.25, 0.3) is 0 Å². The van der Waals surface area contributed by atoms with Crippen molar-refractivity contribution in [2.24, 2.45) is 0 Å². The number of hydrogen-bond acceptors (Lipinski definition) is 4. The van der Waals surface area contributed by atoms with Crippen molar-refractivity contribution in [1.29, 1.82) is 0 Å². The molecule has 1 aromatic heterocycles. The van der Waals surface area contributed by atoms with Crippen molar-refractivity contribution in [2.75, 3.05) is 52.4 Å². The van der Waals surface area contributed by atoms with Gasteiger partial charge in [0.25, 0.3) is 0 Å². The van der Waals surface area contributed by atoms with Crippen LogP contribution in [-0.2, 0) is 4.79 Å². The van der Waals surface area contributed by atoms with Crippen LogP contribution in [0.5, 0.6) is 0 Å². The highest BCUT2D eigenvalue weighted by atomic mass is 16.2. The predicted molar refractivity (Wildman–Crippen MR) is 91.3 cm³/mol. The van der Waals surface area contributed by atoms with Gasteiger partial charge < -0.3 is 9.80 Å². The quantitative estimate of drug-likeness (QED) is 0.842. The molecule has 0 aromatic carbocycles. The second-order valence-corrected chi connectivity index (χ2v) is 6.65. The van der Waals surface area contributed by atoms with Gasteiger partial charge in [0.05, 0.1) is 6.54 Å². The third kappa shape index (κ3) is 4.30. The molecular formula is C18H28N4O. The van der Waals surface area contributed by atoms with E-state index in [1.165, 1.54) is 5.56 Å². The van der Waals surface area contributed by atoms with Crippen LogP contribution in [0, 0.1) is 0 Å². The molecule has 3 heterocycles. The molecule has 3 rings (SSSR count). The van der Waals surface area contributed by atoms with Crippen LogP contribution in [-0.4, -0.2) is 77.9 Å². The molecular weight excluding hydrogens is 288 g/mol. The van der Waals surface area contributed by atoms with E-state index < -0.39 is 0 Å². The van der Waals surface area contributed by atoms with Crippen molar-refractivity contribution in [3.63, 3.8) is 0 Å². The zero-order valence-electron chi connectivity index (χ0n) is 14.2. The summed E-state index contributed by atoms with van der Waals surface area (Å²) in [5, 5.41) is 0. The number of piperazine rings is 1. The molecule has 5 heteroatoms. The molecule has 1 amide bonds. The molecule has 0 bridgehead atoms. The molecule has 23 heavy (non-hydrogen) atoms. The second-order valence-electron chi connectivity index (χ2n) is 6.65. The van der Waals surface area contributed by atoms with E-state index in [2.05, 4.69) is 38.7 Å². The van der Waals surface area contributed by atoms with Gasteiger partial charge in [0.2, 0.25) is 5.91 Å². The Hall–Kier alpha value is -1.46. The van der Waals surface area contributed by atoms with Gasteiger partial charge in [-0.05, 0) is 43.0 Å². The highest BCUT2D eigenvalue weighted by molar-refractivity contribution is 5.78. The zero-order valence-corrected chi connectivity index (χ0v) is 14.2. The van der Waals surface area contributed by atoms with Crippen molar-refractivity contribution in [1.82, 2.24) is 19.7 Å². The number of carbonyl (C=O) groups excluding carboxylic acids is 1. The number of aromatic nitrogens is 1. The fourth-order valence-electron chi connectivity index (χ4n) is 3.65. The summed E-state index contributed by atoms with van der Waals surface area (Å²) in [4.78, 5) is 23.4. The lowest BCUT2D eigenvalue weighted by Crippen LogP contribution is -2.50. The van der Waals surface area contributed by atoms with E-state index >= 15 is 0 Å². The summed E-state index contributed by atoms with van der Waals surface area (Å²) in [6.45, 7) is 9.92. The molecule has 2 aliphatic rings. The van der Waals surface area contributed by atoms with E-state index in [0.717, 1.165) is 58.7 Å². The van der Waals surface area contributed by atoms with Crippen LogP contribution in [0.3, 0.4) is 0 Å². The van der Waals surface area contributed by atoms with Crippen LogP contribution in [0.4, 0.5) is 0 Å². The molecule has 2 saturated heterocycles. The van der Waals surface area contributed by atoms with Gasteiger partial charge in [-0.3, -0.25) is 14.7 Å². The smallest absolute Gasteiger partial charge is 0.236 e. The highest BCUT2D eigenvalue weighted by Crippen LogP contribution is 2.27. The van der Waals surface area contributed by atoms with Crippen molar-refractivity contribution in [3.05, 3.63) is 30.1 Å². The number of hydrogen-bond donors (Lipinski definition) is 0. The van der Waals surface area contributed by atoms with Crippen LogP contribution in [0.1, 0.15) is 31.2 Å². The van der Waals surface area contributed by atoms with Crippen LogP contribution < -0.4 is 0 Å². The first kappa shape index (κ1) is 16.4. The lowest BCUT2D eigenvalue weighted by molar-refractivity contribution is -0.133. The summed E-state index contributed by atoms with van der Waals surface area (Å²) in [6, 6.07) is 4.21. The summed E-state index contributed by atoms with van der Waals surface area (Å²) in [6.07, 6.45) is 5.87. The number of pyridine rings is 1. The first-order valence-electron chi connectivity index (χ1n) is 8.88. The topological polar surface area (TPSA) is 39.7 Å². The van der Waals surface area contributed by atoms with Gasteiger partial charge in [0.1, 0.15) is 0 Å². The SMILES string of the molecule is CCN1CCN(CC(=O)N2CCC(c3ccncc3)CC2)CC1. The summed E-state index contributed by atoms with van der Waals surface area (Å²) >= 11 is 0. The molecule has 5 nitrogen and oxygen atoms in total. The maximum absolute atomic E-state index is 12.5. The Morgan fingerprint density at radius 3 is 2.26 bits per heavy atom. The molecule has 0 aliphatic carbocycles. The second kappa shape index (κ2) is 7.88. The zero-order chi connectivity index (χ0) is 16.1. The largest absolute Gasteiger partial charge is 0.342 e. The average Bonchev–Trinajstić information content (AvgIpc) is 2.63. The summed E-state index contributed by atoms with van der Waals surface area (Å²) in [7, 11) is 0. The van der Waals surface area contributed by atoms with E-state index in [9.17, 15) is 4.79 Å². The van der Waals surface area contributed by atoms with Gasteiger partial charge in [-0.15, -0.1) is 0 Å². The van der Waals surface area contributed by atoms with Crippen molar-refractivity contribution in [2.45, 2.75) is 25.7 Å². The third-order valence-corrected chi connectivity index (χ3v) is 5.30. The Morgan fingerprint density at radius 2 is 1.65 bits per heavy atom. The number of nitrogens with zero attached hydrogens (tertiary/aromatic N) is 4. The number of likely N-dealkylation sites (N-methyl/N-ethyl adjacent to an activating group) is 1. The molecule has 2 aliphatic heterocycles. The van der Waals surface area contributed by atoms with Gasteiger partial charge >= 0.3 is 0 Å². The maximum atomic E-state index is 12.5. The summed E-state index contributed by atoms with van der Waals surface area (Å²) in [5.74, 6) is 0.887. The van der Waals surface area contributed by atoms with E-state index in [4.69, 9.17) is 0 Å². The summed E-state index contributed by atoms with van der Waals surface area (Å²) in [5.41, 5.74) is 1.36. The van der Waals surface area contributed by atoms with Crippen molar-refractivity contribution in [3.8, 4) is 0 Å². The Bertz CT molecular complexity index is 491. The van der Waals surface area contributed by atoms with Gasteiger partial charge in [-0.2, -0.15) is 0 Å². The monoisotopic (exact) mass is 316 g/mol. The van der Waals surface area contributed by atoms with Crippen LogP contribution in [0.15, 0.2) is 24.5 Å². The van der Waals surface area contributed by atoms with Gasteiger partial charge in [0.15, 0.2) is 0 Å². The Morgan fingerprint density at radius 1 is 1.04 bits per heavy atom. The maximum Gasteiger partial charge on any atom is 0.236 e. The van der Waals surface area contributed by atoms with Crippen LogP contribution in [0.2, 0.25) is 0 Å². The predicted octanol–water partition coefficient (Wildman–Crippen LogP) is 1.43. The number of amides is 1. The van der Waals surface area contributed by atoms with Crippen molar-refractivity contribution >= 4 is 5.91 Å². The summed E-state index contributed by atoms with van der Waals surface area (Å²) < 4.78 is 0. The standard InChI is InChI=1S/C18H28N4O/c1-2-20-11-13-21(14-12-20)15-18(23)22-9-5-17(6-10-22)16-3-7-19-8-4-16/h3-4,7-8,17H,2,5-6,9-15H2,1H3. The van der Waals surface area contributed by atoms with Crippen molar-refractivity contribution < 1.29 is 4.79 Å². The van der Waals surface area contributed by atoms with Gasteiger partial charge in [-0.1, -0.05) is 6.92 Å². The van der Waals surface area contributed by atoms with Crippen LogP contribution >= 0.6 is 0 Å². The Kier molecular flexibility index (Phi) is 5.62. The molecule has 2 fully saturated rings. The number of rotatable bonds is 4. The fraction of sp³-hybridized carbons (Fsp3) is 0.667. The van der Waals surface area contributed by atoms with E-state index in [1.807, 2.05) is 12.4 Å². The number of likely N-dealkylation sites (tertiary alicyclic amines) is 1. The molecule has 0 saturated carbocycles. The van der Waals surface area contributed by atoms with E-state index in [-0.39, 0.29) is 0 Å². The molecule has 0 spiro atoms. The molecule has 0 radical (unpaired) electrons. The minimum absolute atomic E-state index is 0.308. The molecule has 126 valence electrons. The Labute approximate surface area is 139 Å². The molecule has 0 N–H and O–H groups in total. The van der Waals surface area contributed by atoms with E-state index in [1.54, 1.807) is 0 Å². The van der Waals surface area contributed by atoms with Gasteiger partial charge in [0, 0.05) is 51.7 Å². The third-order valence-electron chi connectivity index (χ3n) is 5.30. The lowest BCUT2D eigenvalue weighted by atomic mass is 9.90. The van der Waals surface area contributed by atoms with Gasteiger partial charge in [-0.25, -0.2) is 0 Å². The molecule has 0 unspecified atom stereocenters. The highest BCUT2D eigenvalue weighted by Gasteiger charge is 2.25. The fourth-order valence-corrected chi connectivity index (χ4v) is 3.65. The number of piperidine rings is 1. The number of carbonyl (C=O) groups is 1. The average molecular weight is 316 g/mol. The molecule has 0 atom stereocenters. The van der Waals surface area contributed by atoms with E-state index in [0.29, 0.717) is 18.4 Å². The first-order valence-corrected chi connectivity index (χ1v) is 8.88. The minimum Gasteiger partial charge on any atom is -0.342 e. The lowest BCUT2D eigenvalue weighted by Gasteiger charge is -2.36. The molecule has 1 aromatic rings. The Balaban J connectivity index is 1.43. The first-order chi connectivity index (χ1) is 11.3. The normalized spacial score (nSPS) is 21.5.